The number of hydrogen-bond acceptors (Lipinski definition) is 3. The summed E-state index contributed by atoms with van der Waals surface area (Å²) < 4.78 is 7.97. The molecular formula is C23H33N3O2. The zero-order valence-corrected chi connectivity index (χ0v) is 17.4. The minimum atomic E-state index is 0.129. The molecule has 28 heavy (non-hydrogen) atoms. The maximum absolute atomic E-state index is 12.8. The van der Waals surface area contributed by atoms with E-state index in [9.17, 15) is 4.79 Å². The highest BCUT2D eigenvalue weighted by atomic mass is 16.5. The molecule has 0 N–H and O–H groups in total. The van der Waals surface area contributed by atoms with Crippen molar-refractivity contribution in [3.8, 4) is 5.75 Å². The van der Waals surface area contributed by atoms with Gasteiger partial charge in [-0.1, -0.05) is 27.2 Å². The van der Waals surface area contributed by atoms with E-state index in [0.717, 1.165) is 69.1 Å². The van der Waals surface area contributed by atoms with Crippen LogP contribution in [0.25, 0.3) is 0 Å². The highest BCUT2D eigenvalue weighted by Gasteiger charge is 2.24. The van der Waals surface area contributed by atoms with Gasteiger partial charge in [-0.05, 0) is 49.4 Å². The molecule has 0 bridgehead atoms. The number of unbranched alkanes of at least 4 members (excludes halogenated alkanes) is 1. The van der Waals surface area contributed by atoms with Gasteiger partial charge in [-0.15, -0.1) is 0 Å². The Balaban J connectivity index is 1.50. The fraction of sp³-hybridized carbons (Fsp3) is 0.565. The SMILES string of the molecule is CCCCOc1ccc(C(=O)N2CCC(Cn3ccnc3C(C)C)CC2)cc1. The lowest BCUT2D eigenvalue weighted by Crippen LogP contribution is -2.39. The highest BCUT2D eigenvalue weighted by Crippen LogP contribution is 2.23. The summed E-state index contributed by atoms with van der Waals surface area (Å²) in [5.41, 5.74) is 0.748. The van der Waals surface area contributed by atoms with E-state index < -0.39 is 0 Å². The van der Waals surface area contributed by atoms with Crippen LogP contribution in [0.1, 0.15) is 68.6 Å². The van der Waals surface area contributed by atoms with Gasteiger partial charge in [-0.25, -0.2) is 4.98 Å². The molecule has 5 heteroatoms. The number of benzene rings is 1. The predicted octanol–water partition coefficient (Wildman–Crippen LogP) is 4.74. The van der Waals surface area contributed by atoms with E-state index in [4.69, 9.17) is 4.74 Å². The normalized spacial score (nSPS) is 15.2. The second-order valence-corrected chi connectivity index (χ2v) is 8.05. The number of aromatic nitrogens is 2. The molecule has 152 valence electrons. The van der Waals surface area contributed by atoms with E-state index >= 15 is 0 Å². The Labute approximate surface area is 168 Å². The molecule has 0 radical (unpaired) electrons. The Morgan fingerprint density at radius 3 is 2.57 bits per heavy atom. The Hall–Kier alpha value is -2.30. The summed E-state index contributed by atoms with van der Waals surface area (Å²) in [5.74, 6) is 3.16. The van der Waals surface area contributed by atoms with Gasteiger partial charge in [0.15, 0.2) is 0 Å². The van der Waals surface area contributed by atoms with Crippen molar-refractivity contribution in [1.29, 1.82) is 0 Å². The van der Waals surface area contributed by atoms with Crippen LogP contribution in [0.15, 0.2) is 36.7 Å². The van der Waals surface area contributed by atoms with Crippen molar-refractivity contribution in [1.82, 2.24) is 14.5 Å². The van der Waals surface area contributed by atoms with Crippen molar-refractivity contribution < 1.29 is 9.53 Å². The third kappa shape index (κ3) is 5.15. The summed E-state index contributed by atoms with van der Waals surface area (Å²) in [7, 11) is 0. The summed E-state index contributed by atoms with van der Waals surface area (Å²) in [5, 5.41) is 0. The van der Waals surface area contributed by atoms with Crippen LogP contribution >= 0.6 is 0 Å². The minimum Gasteiger partial charge on any atom is -0.494 e. The molecule has 5 nitrogen and oxygen atoms in total. The number of piperidine rings is 1. The summed E-state index contributed by atoms with van der Waals surface area (Å²) in [6.07, 6.45) is 8.22. The van der Waals surface area contributed by atoms with Gasteiger partial charge in [0.1, 0.15) is 11.6 Å². The molecule has 1 fully saturated rings. The number of imidazole rings is 1. The van der Waals surface area contributed by atoms with Crippen LogP contribution < -0.4 is 4.74 Å². The van der Waals surface area contributed by atoms with Crippen LogP contribution in [0, 0.1) is 5.92 Å². The first-order chi connectivity index (χ1) is 13.6. The molecule has 1 aliphatic heterocycles. The number of hydrogen-bond donors (Lipinski definition) is 0. The summed E-state index contributed by atoms with van der Waals surface area (Å²) in [6, 6.07) is 7.58. The second-order valence-electron chi connectivity index (χ2n) is 8.05. The molecule has 0 unspecified atom stereocenters. The van der Waals surface area contributed by atoms with Gasteiger partial charge in [0.25, 0.3) is 5.91 Å². The first kappa shape index (κ1) is 20.4. The summed E-state index contributed by atoms with van der Waals surface area (Å²) in [6.45, 7) is 9.88. The molecule has 1 saturated heterocycles. The Bertz CT molecular complexity index is 743. The van der Waals surface area contributed by atoms with Crippen LogP contribution in [0.5, 0.6) is 5.75 Å². The maximum atomic E-state index is 12.8. The smallest absolute Gasteiger partial charge is 0.253 e. The van der Waals surface area contributed by atoms with E-state index in [1.807, 2.05) is 35.4 Å². The van der Waals surface area contributed by atoms with E-state index in [1.54, 1.807) is 0 Å². The van der Waals surface area contributed by atoms with Gasteiger partial charge < -0.3 is 14.2 Å². The molecule has 1 amide bonds. The third-order valence-corrected chi connectivity index (χ3v) is 5.49. The third-order valence-electron chi connectivity index (χ3n) is 5.49. The first-order valence-corrected chi connectivity index (χ1v) is 10.6. The molecule has 2 aromatic rings. The van der Waals surface area contributed by atoms with Crippen LogP contribution in [-0.2, 0) is 6.54 Å². The minimum absolute atomic E-state index is 0.129. The average molecular weight is 384 g/mol. The number of nitrogens with zero attached hydrogens (tertiary/aromatic N) is 3. The Kier molecular flexibility index (Phi) is 7.12. The Morgan fingerprint density at radius 2 is 1.93 bits per heavy atom. The van der Waals surface area contributed by atoms with E-state index in [2.05, 4.69) is 36.5 Å². The number of carbonyl (C=O) groups is 1. The van der Waals surface area contributed by atoms with Crippen molar-refractivity contribution >= 4 is 5.91 Å². The summed E-state index contributed by atoms with van der Waals surface area (Å²) >= 11 is 0. The lowest BCUT2D eigenvalue weighted by Gasteiger charge is -2.32. The number of amides is 1. The average Bonchev–Trinajstić information content (AvgIpc) is 3.17. The van der Waals surface area contributed by atoms with Gasteiger partial charge in [0.05, 0.1) is 6.61 Å². The zero-order chi connectivity index (χ0) is 19.9. The lowest BCUT2D eigenvalue weighted by atomic mass is 9.96. The predicted molar refractivity (Wildman–Crippen MR) is 112 cm³/mol. The molecule has 0 aliphatic carbocycles. The van der Waals surface area contributed by atoms with E-state index in [1.165, 1.54) is 0 Å². The van der Waals surface area contributed by atoms with Crippen molar-refractivity contribution in [2.75, 3.05) is 19.7 Å². The maximum Gasteiger partial charge on any atom is 0.253 e. The van der Waals surface area contributed by atoms with Crippen LogP contribution in [0.4, 0.5) is 0 Å². The largest absolute Gasteiger partial charge is 0.494 e. The van der Waals surface area contributed by atoms with E-state index in [-0.39, 0.29) is 5.91 Å². The number of rotatable bonds is 8. The number of likely N-dealkylation sites (tertiary alicyclic amines) is 1. The zero-order valence-electron chi connectivity index (χ0n) is 17.4. The molecule has 0 saturated carbocycles. The summed E-state index contributed by atoms with van der Waals surface area (Å²) in [4.78, 5) is 19.3. The molecule has 1 aromatic carbocycles. The molecule has 0 spiro atoms. The van der Waals surface area contributed by atoms with Crippen molar-refractivity contribution in [3.63, 3.8) is 0 Å². The number of ether oxygens (including phenoxy) is 1. The number of carbonyl (C=O) groups excluding carboxylic acids is 1. The van der Waals surface area contributed by atoms with Gasteiger partial charge in [-0.3, -0.25) is 4.79 Å². The van der Waals surface area contributed by atoms with Gasteiger partial charge in [0, 0.05) is 43.5 Å². The monoisotopic (exact) mass is 383 g/mol. The lowest BCUT2D eigenvalue weighted by molar-refractivity contribution is 0.0682. The van der Waals surface area contributed by atoms with Crippen LogP contribution in [0.3, 0.4) is 0 Å². The van der Waals surface area contributed by atoms with Crippen molar-refractivity contribution in [2.24, 2.45) is 5.92 Å². The molecule has 3 rings (SSSR count). The van der Waals surface area contributed by atoms with Gasteiger partial charge in [-0.2, -0.15) is 0 Å². The molecule has 1 aromatic heterocycles. The Morgan fingerprint density at radius 1 is 1.21 bits per heavy atom. The highest BCUT2D eigenvalue weighted by molar-refractivity contribution is 5.94. The molecule has 2 heterocycles. The van der Waals surface area contributed by atoms with E-state index in [0.29, 0.717) is 11.8 Å². The standard InChI is InChI=1S/C23H33N3O2/c1-4-5-16-28-21-8-6-20(7-9-21)23(27)25-13-10-19(11-14-25)17-26-15-12-24-22(26)18(2)3/h6-9,12,15,18-19H,4-5,10-11,13-14,16-17H2,1-3H3. The van der Waals surface area contributed by atoms with Crippen molar-refractivity contribution in [3.05, 3.63) is 48.0 Å². The van der Waals surface area contributed by atoms with Gasteiger partial charge >= 0.3 is 0 Å². The molecular weight excluding hydrogens is 350 g/mol. The molecule has 1 aliphatic rings. The van der Waals surface area contributed by atoms with Crippen LogP contribution in [0.2, 0.25) is 0 Å². The fourth-order valence-electron chi connectivity index (χ4n) is 3.78. The molecule has 0 atom stereocenters. The van der Waals surface area contributed by atoms with Gasteiger partial charge in [0.2, 0.25) is 0 Å². The van der Waals surface area contributed by atoms with Crippen LogP contribution in [-0.4, -0.2) is 40.1 Å². The van der Waals surface area contributed by atoms with Crippen molar-refractivity contribution in [2.45, 2.75) is 58.9 Å². The fourth-order valence-corrected chi connectivity index (χ4v) is 3.78. The first-order valence-electron chi connectivity index (χ1n) is 10.6. The quantitative estimate of drug-likeness (QED) is 0.619. The second kappa shape index (κ2) is 9.76. The topological polar surface area (TPSA) is 47.4 Å².